The molecule has 96 valence electrons. The molecule has 0 saturated carbocycles. The number of nitriles is 1. The Morgan fingerprint density at radius 2 is 1.84 bits per heavy atom. The van der Waals surface area contributed by atoms with Gasteiger partial charge < -0.3 is 4.74 Å². The fraction of sp³-hybridized carbons (Fsp3) is 0.267. The number of rotatable bonds is 3. The molecule has 0 bridgehead atoms. The molecule has 0 amide bonds. The van der Waals surface area contributed by atoms with Crippen molar-refractivity contribution in [1.82, 2.24) is 9.97 Å². The Morgan fingerprint density at radius 1 is 1.16 bits per heavy atom. The number of benzene rings is 1. The third-order valence-electron chi connectivity index (χ3n) is 2.88. The molecule has 1 heterocycles. The molecule has 19 heavy (non-hydrogen) atoms. The first-order valence-corrected chi connectivity index (χ1v) is 5.96. The second-order valence-corrected chi connectivity index (χ2v) is 4.73. The van der Waals surface area contributed by atoms with E-state index in [1.165, 1.54) is 0 Å². The third kappa shape index (κ3) is 2.71. The fourth-order valence-corrected chi connectivity index (χ4v) is 1.63. The maximum absolute atomic E-state index is 9.13. The summed E-state index contributed by atoms with van der Waals surface area (Å²) in [4.78, 5) is 8.65. The van der Waals surface area contributed by atoms with Crippen molar-refractivity contribution in [2.24, 2.45) is 0 Å². The molecule has 0 aliphatic rings. The average molecular weight is 253 g/mol. The lowest BCUT2D eigenvalue weighted by Crippen LogP contribution is -2.18. The summed E-state index contributed by atoms with van der Waals surface area (Å²) in [5.41, 5.74) is 1.08. The van der Waals surface area contributed by atoms with Crippen LogP contribution < -0.4 is 4.74 Å². The van der Waals surface area contributed by atoms with Crippen LogP contribution in [0.4, 0.5) is 0 Å². The van der Waals surface area contributed by atoms with Crippen molar-refractivity contribution in [2.45, 2.75) is 19.3 Å². The van der Waals surface area contributed by atoms with Crippen LogP contribution in [0.15, 0.2) is 36.5 Å². The Morgan fingerprint density at radius 3 is 2.42 bits per heavy atom. The Hall–Kier alpha value is -2.41. The number of ether oxygens (including phenoxy) is 1. The van der Waals surface area contributed by atoms with Crippen LogP contribution in [0.2, 0.25) is 0 Å². The summed E-state index contributed by atoms with van der Waals surface area (Å²) in [6.45, 7) is 3.61. The SMILES string of the molecule is COc1ccc(-c2ccnc(C(C)(C)C#N)n2)cc1. The van der Waals surface area contributed by atoms with Gasteiger partial charge in [-0.15, -0.1) is 0 Å². The van der Waals surface area contributed by atoms with Gasteiger partial charge in [0.05, 0.1) is 18.9 Å². The van der Waals surface area contributed by atoms with Crippen molar-refractivity contribution in [2.75, 3.05) is 7.11 Å². The van der Waals surface area contributed by atoms with E-state index in [0.29, 0.717) is 5.82 Å². The molecule has 0 radical (unpaired) electrons. The molecule has 4 heteroatoms. The molecule has 0 atom stereocenters. The van der Waals surface area contributed by atoms with Crippen molar-refractivity contribution in [3.8, 4) is 23.1 Å². The lowest BCUT2D eigenvalue weighted by atomic mass is 9.94. The molecule has 0 N–H and O–H groups in total. The number of hydrogen-bond acceptors (Lipinski definition) is 4. The Kier molecular flexibility index (Phi) is 3.48. The number of nitrogens with zero attached hydrogens (tertiary/aromatic N) is 3. The van der Waals surface area contributed by atoms with E-state index in [1.54, 1.807) is 27.2 Å². The van der Waals surface area contributed by atoms with Crippen molar-refractivity contribution in [3.05, 3.63) is 42.4 Å². The van der Waals surface area contributed by atoms with Crippen LogP contribution >= 0.6 is 0 Å². The molecule has 0 fully saturated rings. The average Bonchev–Trinajstić information content (AvgIpc) is 2.47. The highest BCUT2D eigenvalue weighted by Crippen LogP contribution is 2.23. The first kappa shape index (κ1) is 13.0. The van der Waals surface area contributed by atoms with E-state index in [4.69, 9.17) is 10.00 Å². The van der Waals surface area contributed by atoms with Gasteiger partial charge in [-0.05, 0) is 44.2 Å². The summed E-state index contributed by atoms with van der Waals surface area (Å²) in [5, 5.41) is 9.13. The van der Waals surface area contributed by atoms with E-state index in [9.17, 15) is 0 Å². The topological polar surface area (TPSA) is 58.8 Å². The van der Waals surface area contributed by atoms with Gasteiger partial charge in [0.1, 0.15) is 17.0 Å². The first-order chi connectivity index (χ1) is 9.06. The van der Waals surface area contributed by atoms with Gasteiger partial charge in [-0.25, -0.2) is 9.97 Å². The predicted octanol–water partition coefficient (Wildman–Crippen LogP) is 2.95. The van der Waals surface area contributed by atoms with Crippen molar-refractivity contribution in [1.29, 1.82) is 5.26 Å². The zero-order chi connectivity index (χ0) is 13.9. The Balaban J connectivity index is 2.41. The van der Waals surface area contributed by atoms with Gasteiger partial charge in [0.2, 0.25) is 0 Å². The highest BCUT2D eigenvalue weighted by Gasteiger charge is 2.23. The quantitative estimate of drug-likeness (QED) is 0.843. The Labute approximate surface area is 112 Å². The second-order valence-electron chi connectivity index (χ2n) is 4.73. The van der Waals surface area contributed by atoms with E-state index in [1.807, 2.05) is 30.3 Å². The summed E-state index contributed by atoms with van der Waals surface area (Å²) in [7, 11) is 1.63. The van der Waals surface area contributed by atoms with Gasteiger partial charge in [0.15, 0.2) is 0 Å². The maximum Gasteiger partial charge on any atom is 0.148 e. The minimum absolute atomic E-state index is 0.531. The highest BCUT2D eigenvalue weighted by molar-refractivity contribution is 5.59. The van der Waals surface area contributed by atoms with Gasteiger partial charge in [-0.1, -0.05) is 0 Å². The molecule has 0 aliphatic carbocycles. The lowest BCUT2D eigenvalue weighted by molar-refractivity contribution is 0.415. The van der Waals surface area contributed by atoms with Crippen molar-refractivity contribution >= 4 is 0 Å². The summed E-state index contributed by atoms with van der Waals surface area (Å²) >= 11 is 0. The zero-order valence-electron chi connectivity index (χ0n) is 11.2. The van der Waals surface area contributed by atoms with E-state index < -0.39 is 5.41 Å². The summed E-state index contributed by atoms with van der Waals surface area (Å²) in [5.74, 6) is 1.33. The van der Waals surface area contributed by atoms with Gasteiger partial charge >= 0.3 is 0 Å². The molecule has 0 unspecified atom stereocenters. The van der Waals surface area contributed by atoms with Crippen LogP contribution in [-0.2, 0) is 5.41 Å². The standard InChI is InChI=1S/C15H15N3O/c1-15(2,10-16)14-17-9-8-13(18-14)11-4-6-12(19-3)7-5-11/h4-9H,1-3H3. The summed E-state index contributed by atoms with van der Waals surface area (Å²) in [6, 6.07) is 11.7. The zero-order valence-corrected chi connectivity index (χ0v) is 11.2. The molecule has 2 rings (SSSR count). The van der Waals surface area contributed by atoms with Crippen molar-refractivity contribution < 1.29 is 4.74 Å². The van der Waals surface area contributed by atoms with Crippen LogP contribution in [-0.4, -0.2) is 17.1 Å². The van der Waals surface area contributed by atoms with E-state index in [0.717, 1.165) is 17.0 Å². The van der Waals surface area contributed by atoms with Crippen molar-refractivity contribution in [3.63, 3.8) is 0 Å². The third-order valence-corrected chi connectivity index (χ3v) is 2.88. The van der Waals surface area contributed by atoms with E-state index >= 15 is 0 Å². The van der Waals surface area contributed by atoms with Gasteiger partial charge in [0.25, 0.3) is 0 Å². The van der Waals surface area contributed by atoms with Crippen LogP contribution in [0.3, 0.4) is 0 Å². The molecule has 0 saturated heterocycles. The van der Waals surface area contributed by atoms with Crippen LogP contribution in [0.25, 0.3) is 11.3 Å². The number of aromatic nitrogens is 2. The molecular formula is C15H15N3O. The lowest BCUT2D eigenvalue weighted by Gasteiger charge is -2.14. The maximum atomic E-state index is 9.13. The highest BCUT2D eigenvalue weighted by atomic mass is 16.5. The summed E-state index contributed by atoms with van der Waals surface area (Å²) in [6.07, 6.45) is 1.68. The van der Waals surface area contributed by atoms with Gasteiger partial charge in [-0.2, -0.15) is 5.26 Å². The molecule has 1 aromatic carbocycles. The smallest absolute Gasteiger partial charge is 0.148 e. The Bertz CT molecular complexity index is 612. The normalized spacial score (nSPS) is 10.8. The monoisotopic (exact) mass is 253 g/mol. The largest absolute Gasteiger partial charge is 0.497 e. The number of methoxy groups -OCH3 is 1. The number of hydrogen-bond donors (Lipinski definition) is 0. The molecule has 1 aromatic heterocycles. The molecule has 4 nitrogen and oxygen atoms in total. The van der Waals surface area contributed by atoms with Crippen LogP contribution in [0, 0.1) is 11.3 Å². The molecule has 0 spiro atoms. The van der Waals surface area contributed by atoms with Gasteiger partial charge in [0, 0.05) is 11.8 Å². The first-order valence-electron chi connectivity index (χ1n) is 5.96. The predicted molar refractivity (Wildman–Crippen MR) is 72.7 cm³/mol. The molecular weight excluding hydrogens is 238 g/mol. The van der Waals surface area contributed by atoms with Gasteiger partial charge in [-0.3, -0.25) is 0 Å². The minimum atomic E-state index is -0.692. The fourth-order valence-electron chi connectivity index (χ4n) is 1.63. The molecule has 0 aliphatic heterocycles. The van der Waals surface area contributed by atoms with E-state index in [-0.39, 0.29) is 0 Å². The minimum Gasteiger partial charge on any atom is -0.497 e. The van der Waals surface area contributed by atoms with Crippen LogP contribution in [0.5, 0.6) is 5.75 Å². The summed E-state index contributed by atoms with van der Waals surface area (Å²) < 4.78 is 5.12. The molecule has 2 aromatic rings. The van der Waals surface area contributed by atoms with Crippen LogP contribution in [0.1, 0.15) is 19.7 Å². The van der Waals surface area contributed by atoms with E-state index in [2.05, 4.69) is 16.0 Å². The second kappa shape index (κ2) is 5.07.